The highest BCUT2D eigenvalue weighted by atomic mass is 15.1. The molecule has 5 nitrogen and oxygen atoms in total. The predicted molar refractivity (Wildman–Crippen MR) is 93.4 cm³/mol. The Morgan fingerprint density at radius 1 is 1.09 bits per heavy atom. The number of aryl methyl sites for hydroxylation is 1. The summed E-state index contributed by atoms with van der Waals surface area (Å²) < 4.78 is 0. The molecule has 0 spiro atoms. The van der Waals surface area contributed by atoms with Crippen molar-refractivity contribution in [2.75, 3.05) is 10.6 Å². The molecule has 0 amide bonds. The fraction of sp³-hybridized carbons (Fsp3) is 0.500. The van der Waals surface area contributed by atoms with Crippen molar-refractivity contribution >= 4 is 11.6 Å². The van der Waals surface area contributed by atoms with Gasteiger partial charge in [0.1, 0.15) is 17.5 Å². The SMILES string of the molecule is Cc1nc(NCc2cccnc2)cc(NC2CCCCCC2)n1. The third-order valence-corrected chi connectivity index (χ3v) is 4.24. The lowest BCUT2D eigenvalue weighted by molar-refractivity contribution is 0.617. The molecule has 1 fully saturated rings. The topological polar surface area (TPSA) is 62.7 Å². The summed E-state index contributed by atoms with van der Waals surface area (Å²) >= 11 is 0. The van der Waals surface area contributed by atoms with Crippen LogP contribution in [0, 0.1) is 6.92 Å². The van der Waals surface area contributed by atoms with Crippen LogP contribution in [0.25, 0.3) is 0 Å². The van der Waals surface area contributed by atoms with Gasteiger partial charge in [-0.25, -0.2) is 9.97 Å². The largest absolute Gasteiger partial charge is 0.367 e. The molecule has 23 heavy (non-hydrogen) atoms. The van der Waals surface area contributed by atoms with Crippen molar-refractivity contribution in [2.24, 2.45) is 0 Å². The minimum absolute atomic E-state index is 0.540. The van der Waals surface area contributed by atoms with E-state index in [1.807, 2.05) is 25.3 Å². The van der Waals surface area contributed by atoms with Crippen molar-refractivity contribution in [3.8, 4) is 0 Å². The Labute approximate surface area is 138 Å². The van der Waals surface area contributed by atoms with Crippen molar-refractivity contribution in [1.82, 2.24) is 15.0 Å². The highest BCUT2D eigenvalue weighted by molar-refractivity contribution is 5.48. The summed E-state index contributed by atoms with van der Waals surface area (Å²) in [4.78, 5) is 13.2. The number of pyridine rings is 1. The molecule has 2 aromatic heterocycles. The van der Waals surface area contributed by atoms with E-state index in [0.29, 0.717) is 12.6 Å². The van der Waals surface area contributed by atoms with Gasteiger partial charge in [0, 0.05) is 31.0 Å². The van der Waals surface area contributed by atoms with Gasteiger partial charge in [-0.05, 0) is 31.4 Å². The number of aromatic nitrogens is 3. The number of rotatable bonds is 5. The first-order chi connectivity index (χ1) is 11.3. The van der Waals surface area contributed by atoms with Crippen molar-refractivity contribution in [1.29, 1.82) is 0 Å². The second-order valence-electron chi connectivity index (χ2n) is 6.23. The van der Waals surface area contributed by atoms with E-state index >= 15 is 0 Å². The minimum atomic E-state index is 0.540. The van der Waals surface area contributed by atoms with Crippen molar-refractivity contribution < 1.29 is 0 Å². The Morgan fingerprint density at radius 3 is 2.61 bits per heavy atom. The van der Waals surface area contributed by atoms with Crippen molar-refractivity contribution in [3.63, 3.8) is 0 Å². The zero-order chi connectivity index (χ0) is 15.9. The first-order valence-electron chi connectivity index (χ1n) is 8.54. The molecule has 1 aliphatic rings. The van der Waals surface area contributed by atoms with E-state index in [1.54, 1.807) is 6.20 Å². The molecule has 2 N–H and O–H groups in total. The van der Waals surface area contributed by atoms with Gasteiger partial charge in [0.05, 0.1) is 0 Å². The Kier molecular flexibility index (Phi) is 5.40. The van der Waals surface area contributed by atoms with Crippen LogP contribution in [0.4, 0.5) is 11.6 Å². The number of hydrogen-bond donors (Lipinski definition) is 2. The van der Waals surface area contributed by atoms with Gasteiger partial charge in [-0.2, -0.15) is 0 Å². The first kappa shape index (κ1) is 15.7. The number of hydrogen-bond acceptors (Lipinski definition) is 5. The van der Waals surface area contributed by atoms with Gasteiger partial charge in [0.25, 0.3) is 0 Å². The zero-order valence-corrected chi connectivity index (χ0v) is 13.8. The van der Waals surface area contributed by atoms with Gasteiger partial charge >= 0.3 is 0 Å². The molecule has 0 aromatic carbocycles. The minimum Gasteiger partial charge on any atom is -0.367 e. The van der Waals surface area contributed by atoms with Crippen molar-refractivity contribution in [2.45, 2.75) is 58.0 Å². The van der Waals surface area contributed by atoms with E-state index < -0.39 is 0 Å². The van der Waals surface area contributed by atoms with E-state index in [2.05, 4.69) is 31.7 Å². The van der Waals surface area contributed by atoms with Gasteiger partial charge in [-0.15, -0.1) is 0 Å². The zero-order valence-electron chi connectivity index (χ0n) is 13.8. The van der Waals surface area contributed by atoms with Crippen LogP contribution in [0.1, 0.15) is 49.9 Å². The maximum Gasteiger partial charge on any atom is 0.132 e. The molecule has 1 saturated carbocycles. The molecule has 0 bridgehead atoms. The predicted octanol–water partition coefficient (Wildman–Crippen LogP) is 3.93. The first-order valence-corrected chi connectivity index (χ1v) is 8.54. The Morgan fingerprint density at radius 2 is 1.87 bits per heavy atom. The van der Waals surface area contributed by atoms with Crippen LogP contribution in [0.3, 0.4) is 0 Å². The summed E-state index contributed by atoms with van der Waals surface area (Å²) in [5.74, 6) is 2.58. The van der Waals surface area contributed by atoms with Crippen LogP contribution < -0.4 is 10.6 Å². The van der Waals surface area contributed by atoms with E-state index in [0.717, 1.165) is 23.0 Å². The lowest BCUT2D eigenvalue weighted by Gasteiger charge is -2.18. The molecular weight excluding hydrogens is 286 g/mol. The third-order valence-electron chi connectivity index (χ3n) is 4.24. The van der Waals surface area contributed by atoms with Gasteiger partial charge < -0.3 is 10.6 Å². The van der Waals surface area contributed by atoms with Crippen LogP contribution >= 0.6 is 0 Å². The Hall–Kier alpha value is -2.17. The lowest BCUT2D eigenvalue weighted by Crippen LogP contribution is -2.19. The molecule has 5 heteroatoms. The monoisotopic (exact) mass is 311 g/mol. The van der Waals surface area contributed by atoms with Crippen LogP contribution in [0.15, 0.2) is 30.6 Å². The number of nitrogens with zero attached hydrogens (tertiary/aromatic N) is 3. The summed E-state index contributed by atoms with van der Waals surface area (Å²) in [6, 6.07) is 6.55. The lowest BCUT2D eigenvalue weighted by atomic mass is 10.1. The summed E-state index contributed by atoms with van der Waals surface area (Å²) in [7, 11) is 0. The molecule has 2 aromatic rings. The summed E-state index contributed by atoms with van der Waals surface area (Å²) in [6.45, 7) is 2.65. The molecule has 122 valence electrons. The Balaban J connectivity index is 1.63. The third kappa shape index (κ3) is 4.91. The molecular formula is C18H25N5. The van der Waals surface area contributed by atoms with Gasteiger partial charge in [0.15, 0.2) is 0 Å². The van der Waals surface area contributed by atoms with Crippen LogP contribution in [-0.4, -0.2) is 21.0 Å². The molecule has 0 radical (unpaired) electrons. The van der Waals surface area contributed by atoms with E-state index in [1.165, 1.54) is 38.5 Å². The molecule has 0 unspecified atom stereocenters. The maximum atomic E-state index is 4.54. The second-order valence-corrected chi connectivity index (χ2v) is 6.23. The summed E-state index contributed by atoms with van der Waals surface area (Å²) in [5.41, 5.74) is 1.14. The van der Waals surface area contributed by atoms with Crippen molar-refractivity contribution in [3.05, 3.63) is 42.0 Å². The maximum absolute atomic E-state index is 4.54. The fourth-order valence-electron chi connectivity index (χ4n) is 3.06. The number of anilines is 2. The molecule has 0 saturated heterocycles. The second kappa shape index (κ2) is 7.90. The fourth-order valence-corrected chi connectivity index (χ4v) is 3.06. The standard InChI is InChI=1S/C18H25N5/c1-14-21-17(20-13-15-7-6-10-19-12-15)11-18(22-14)23-16-8-4-2-3-5-9-16/h6-7,10-12,16H,2-5,8-9,13H2,1H3,(H2,20,21,22,23). The Bertz CT molecular complexity index is 606. The summed E-state index contributed by atoms with van der Waals surface area (Å²) in [5, 5.41) is 6.96. The van der Waals surface area contributed by atoms with E-state index in [-0.39, 0.29) is 0 Å². The average Bonchev–Trinajstić information content (AvgIpc) is 2.82. The smallest absolute Gasteiger partial charge is 0.132 e. The molecule has 3 rings (SSSR count). The van der Waals surface area contributed by atoms with Crippen LogP contribution in [0.2, 0.25) is 0 Å². The molecule has 2 heterocycles. The number of nitrogens with one attached hydrogen (secondary N) is 2. The summed E-state index contributed by atoms with van der Waals surface area (Å²) in [6.07, 6.45) is 11.5. The molecule has 1 aliphatic carbocycles. The van der Waals surface area contributed by atoms with Gasteiger partial charge in [-0.1, -0.05) is 31.7 Å². The van der Waals surface area contributed by atoms with Gasteiger partial charge in [-0.3, -0.25) is 4.98 Å². The van der Waals surface area contributed by atoms with Crippen LogP contribution in [0.5, 0.6) is 0 Å². The molecule has 0 atom stereocenters. The average molecular weight is 311 g/mol. The molecule has 0 aliphatic heterocycles. The quantitative estimate of drug-likeness (QED) is 0.819. The van der Waals surface area contributed by atoms with E-state index in [4.69, 9.17) is 0 Å². The van der Waals surface area contributed by atoms with E-state index in [9.17, 15) is 0 Å². The highest BCUT2D eigenvalue weighted by Crippen LogP contribution is 2.21. The van der Waals surface area contributed by atoms with Gasteiger partial charge in [0.2, 0.25) is 0 Å². The van der Waals surface area contributed by atoms with Crippen LogP contribution in [-0.2, 0) is 6.54 Å². The highest BCUT2D eigenvalue weighted by Gasteiger charge is 2.13. The normalized spacial score (nSPS) is 15.9.